The van der Waals surface area contributed by atoms with Gasteiger partial charge in [-0.05, 0) is 51.9 Å². The van der Waals surface area contributed by atoms with E-state index in [1.165, 1.54) is 35.2 Å². The summed E-state index contributed by atoms with van der Waals surface area (Å²) in [7, 11) is 1.73. The van der Waals surface area contributed by atoms with Crippen LogP contribution in [-0.2, 0) is 11.3 Å². The van der Waals surface area contributed by atoms with Crippen molar-refractivity contribution in [3.05, 3.63) is 28.2 Å². The van der Waals surface area contributed by atoms with Gasteiger partial charge in [0.15, 0.2) is 0 Å². The maximum atomic E-state index is 5.04. The molecule has 0 aliphatic carbocycles. The minimum Gasteiger partial charge on any atom is -0.383 e. The lowest BCUT2D eigenvalue weighted by Crippen LogP contribution is -2.22. The first-order valence-electron chi connectivity index (χ1n) is 7.85. The lowest BCUT2D eigenvalue weighted by Gasteiger charge is -2.22. The van der Waals surface area contributed by atoms with E-state index in [0.717, 1.165) is 31.5 Å². The molecule has 1 aliphatic rings. The Balaban J connectivity index is 1.93. The van der Waals surface area contributed by atoms with Gasteiger partial charge in [0.25, 0.3) is 0 Å². The van der Waals surface area contributed by atoms with Crippen molar-refractivity contribution in [3.8, 4) is 0 Å². The normalized spacial score (nSPS) is 18.7. The smallest absolute Gasteiger partial charge is 0.0587 e. The first kappa shape index (κ1) is 16.8. The van der Waals surface area contributed by atoms with Gasteiger partial charge >= 0.3 is 0 Å². The molecule has 0 saturated carbocycles. The predicted molar refractivity (Wildman–Crippen MR) is 92.9 cm³/mol. The average Bonchev–Trinajstić information content (AvgIpc) is 2.93. The number of rotatable bonds is 7. The second-order valence-electron chi connectivity index (χ2n) is 6.19. The molecule has 1 fully saturated rings. The van der Waals surface area contributed by atoms with Crippen LogP contribution in [0.2, 0.25) is 0 Å². The molecule has 1 atom stereocenters. The second kappa shape index (κ2) is 8.16. The van der Waals surface area contributed by atoms with Crippen LogP contribution >= 0.6 is 15.9 Å². The van der Waals surface area contributed by atoms with Gasteiger partial charge in [-0.1, -0.05) is 19.9 Å². The molecule has 0 bridgehead atoms. The van der Waals surface area contributed by atoms with Crippen LogP contribution < -0.4 is 10.2 Å². The summed E-state index contributed by atoms with van der Waals surface area (Å²) in [5.41, 5.74) is 2.64. The molecule has 0 spiro atoms. The Hall–Kier alpha value is -0.580. The molecule has 1 N–H and O–H groups in total. The molecule has 1 saturated heterocycles. The van der Waals surface area contributed by atoms with E-state index in [4.69, 9.17) is 4.74 Å². The zero-order chi connectivity index (χ0) is 15.2. The van der Waals surface area contributed by atoms with Crippen molar-refractivity contribution < 1.29 is 4.74 Å². The van der Waals surface area contributed by atoms with Crippen molar-refractivity contribution in [1.82, 2.24) is 5.32 Å². The number of anilines is 1. The second-order valence-corrected chi connectivity index (χ2v) is 7.05. The van der Waals surface area contributed by atoms with Gasteiger partial charge in [0.2, 0.25) is 0 Å². The Morgan fingerprint density at radius 1 is 1.43 bits per heavy atom. The SMILES string of the molecule is COCCNCc1ccc(N2CCC(C(C)C)C2)c(Br)c1. The summed E-state index contributed by atoms with van der Waals surface area (Å²) < 4.78 is 6.25. The lowest BCUT2D eigenvalue weighted by atomic mass is 9.95. The number of hydrogen-bond donors (Lipinski definition) is 1. The zero-order valence-electron chi connectivity index (χ0n) is 13.4. The fourth-order valence-corrected chi connectivity index (χ4v) is 3.55. The Morgan fingerprint density at radius 2 is 2.24 bits per heavy atom. The summed E-state index contributed by atoms with van der Waals surface area (Å²) in [6.07, 6.45) is 1.31. The van der Waals surface area contributed by atoms with Crippen LogP contribution in [0.1, 0.15) is 25.8 Å². The summed E-state index contributed by atoms with van der Waals surface area (Å²) in [5, 5.41) is 3.38. The molecule has 1 aromatic carbocycles. The number of hydrogen-bond acceptors (Lipinski definition) is 3. The van der Waals surface area contributed by atoms with Crippen molar-refractivity contribution in [2.45, 2.75) is 26.8 Å². The molecule has 1 aliphatic heterocycles. The first-order valence-corrected chi connectivity index (χ1v) is 8.64. The number of benzene rings is 1. The van der Waals surface area contributed by atoms with E-state index in [-0.39, 0.29) is 0 Å². The Bertz CT molecular complexity index is 450. The molecule has 21 heavy (non-hydrogen) atoms. The van der Waals surface area contributed by atoms with Crippen molar-refractivity contribution in [2.75, 3.05) is 38.3 Å². The third-order valence-electron chi connectivity index (χ3n) is 4.33. The van der Waals surface area contributed by atoms with Gasteiger partial charge in [0.05, 0.1) is 12.3 Å². The van der Waals surface area contributed by atoms with Crippen molar-refractivity contribution >= 4 is 21.6 Å². The fraction of sp³-hybridized carbons (Fsp3) is 0.647. The predicted octanol–water partition coefficient (Wildman–Crippen LogP) is 3.67. The Labute approximate surface area is 137 Å². The van der Waals surface area contributed by atoms with Crippen LogP contribution in [0.5, 0.6) is 0 Å². The van der Waals surface area contributed by atoms with Gasteiger partial charge in [-0.3, -0.25) is 0 Å². The van der Waals surface area contributed by atoms with Gasteiger partial charge in [-0.15, -0.1) is 0 Å². The van der Waals surface area contributed by atoms with E-state index < -0.39 is 0 Å². The molecule has 4 heteroatoms. The number of methoxy groups -OCH3 is 1. The van der Waals surface area contributed by atoms with Crippen LogP contribution in [0.4, 0.5) is 5.69 Å². The summed E-state index contributed by atoms with van der Waals surface area (Å²) in [6.45, 7) is 9.54. The number of ether oxygens (including phenoxy) is 1. The molecule has 3 nitrogen and oxygen atoms in total. The zero-order valence-corrected chi connectivity index (χ0v) is 14.9. The summed E-state index contributed by atoms with van der Waals surface area (Å²) in [4.78, 5) is 2.51. The van der Waals surface area contributed by atoms with Crippen molar-refractivity contribution in [2.24, 2.45) is 11.8 Å². The molecule has 118 valence electrons. The Kier molecular flexibility index (Phi) is 6.52. The first-order chi connectivity index (χ1) is 10.1. The minimum atomic E-state index is 0.754. The van der Waals surface area contributed by atoms with E-state index in [0.29, 0.717) is 0 Å². The molecule has 0 amide bonds. The van der Waals surface area contributed by atoms with E-state index in [2.05, 4.69) is 58.2 Å². The molecule has 0 aromatic heterocycles. The van der Waals surface area contributed by atoms with Crippen molar-refractivity contribution in [1.29, 1.82) is 0 Å². The molecule has 0 radical (unpaired) electrons. The molecule has 1 heterocycles. The van der Waals surface area contributed by atoms with Crippen LogP contribution in [0, 0.1) is 11.8 Å². The standard InChI is InChI=1S/C17H27BrN2O/c1-13(2)15-6-8-20(12-15)17-5-4-14(10-16(17)18)11-19-7-9-21-3/h4-5,10,13,15,19H,6-9,11-12H2,1-3H3. The third kappa shape index (κ3) is 4.70. The topological polar surface area (TPSA) is 24.5 Å². The number of nitrogens with zero attached hydrogens (tertiary/aromatic N) is 1. The third-order valence-corrected chi connectivity index (χ3v) is 4.97. The molecular formula is C17H27BrN2O. The van der Waals surface area contributed by atoms with Gasteiger partial charge < -0.3 is 15.0 Å². The van der Waals surface area contributed by atoms with Crippen LogP contribution in [0.15, 0.2) is 22.7 Å². The van der Waals surface area contributed by atoms with E-state index in [1.807, 2.05) is 0 Å². The Morgan fingerprint density at radius 3 is 2.86 bits per heavy atom. The molecular weight excluding hydrogens is 328 g/mol. The summed E-state index contributed by atoms with van der Waals surface area (Å²) in [5.74, 6) is 1.60. The molecule has 1 unspecified atom stereocenters. The maximum absolute atomic E-state index is 5.04. The van der Waals surface area contributed by atoms with E-state index in [9.17, 15) is 0 Å². The average molecular weight is 355 g/mol. The molecule has 1 aromatic rings. The van der Waals surface area contributed by atoms with Crippen LogP contribution in [-0.4, -0.2) is 33.4 Å². The van der Waals surface area contributed by atoms with Crippen LogP contribution in [0.3, 0.4) is 0 Å². The van der Waals surface area contributed by atoms with Gasteiger partial charge in [0.1, 0.15) is 0 Å². The highest BCUT2D eigenvalue weighted by Gasteiger charge is 2.25. The number of nitrogens with one attached hydrogen (secondary N) is 1. The largest absolute Gasteiger partial charge is 0.383 e. The van der Waals surface area contributed by atoms with Gasteiger partial charge in [-0.25, -0.2) is 0 Å². The summed E-state index contributed by atoms with van der Waals surface area (Å²) >= 11 is 3.74. The monoisotopic (exact) mass is 354 g/mol. The van der Waals surface area contributed by atoms with Crippen molar-refractivity contribution in [3.63, 3.8) is 0 Å². The fourth-order valence-electron chi connectivity index (χ4n) is 2.87. The van der Waals surface area contributed by atoms with E-state index >= 15 is 0 Å². The van der Waals surface area contributed by atoms with E-state index in [1.54, 1.807) is 7.11 Å². The quantitative estimate of drug-likeness (QED) is 0.756. The summed E-state index contributed by atoms with van der Waals surface area (Å²) in [6, 6.07) is 6.71. The molecule has 2 rings (SSSR count). The number of halogens is 1. The highest BCUT2D eigenvalue weighted by molar-refractivity contribution is 9.10. The van der Waals surface area contributed by atoms with Crippen LogP contribution in [0.25, 0.3) is 0 Å². The van der Waals surface area contributed by atoms with Gasteiger partial charge in [0, 0.05) is 37.8 Å². The lowest BCUT2D eigenvalue weighted by molar-refractivity contribution is 0.199. The highest BCUT2D eigenvalue weighted by atomic mass is 79.9. The van der Waals surface area contributed by atoms with Gasteiger partial charge in [-0.2, -0.15) is 0 Å². The maximum Gasteiger partial charge on any atom is 0.0587 e. The minimum absolute atomic E-state index is 0.754. The highest BCUT2D eigenvalue weighted by Crippen LogP contribution is 2.33.